The van der Waals surface area contributed by atoms with Crippen LogP contribution in [0.15, 0.2) is 88.9 Å². The van der Waals surface area contributed by atoms with Crippen molar-refractivity contribution in [1.82, 2.24) is 20.2 Å². The number of nitrogens with zero attached hydrogens (tertiary/aromatic N) is 2. The second-order valence-corrected chi connectivity index (χ2v) is 8.40. The van der Waals surface area contributed by atoms with E-state index in [0.717, 1.165) is 11.3 Å². The van der Waals surface area contributed by atoms with Gasteiger partial charge in [-0.05, 0) is 42.0 Å². The summed E-state index contributed by atoms with van der Waals surface area (Å²) in [6, 6.07) is 18.2. The van der Waals surface area contributed by atoms with Crippen LogP contribution in [-0.2, 0) is 17.9 Å². The van der Waals surface area contributed by atoms with E-state index in [4.69, 9.17) is 16.0 Å². The summed E-state index contributed by atoms with van der Waals surface area (Å²) in [5, 5.41) is 6.97. The highest BCUT2D eigenvalue weighted by Crippen LogP contribution is 2.21. The fourth-order valence-corrected chi connectivity index (χ4v) is 4.09. The Bertz CT molecular complexity index is 1240. The maximum absolute atomic E-state index is 12.5. The summed E-state index contributed by atoms with van der Waals surface area (Å²) in [7, 11) is 0. The summed E-state index contributed by atoms with van der Waals surface area (Å²) in [6.07, 6.45) is 5.02. The molecule has 4 rings (SSSR count). The van der Waals surface area contributed by atoms with Gasteiger partial charge < -0.3 is 15.1 Å². The summed E-state index contributed by atoms with van der Waals surface area (Å²) >= 11 is 7.44. The topological polar surface area (TPSA) is 89.2 Å². The third-order valence-electron chi connectivity index (χ3n) is 4.76. The lowest BCUT2D eigenvalue weighted by Crippen LogP contribution is -2.24. The molecular weight excluding hydrogens is 460 g/mol. The summed E-state index contributed by atoms with van der Waals surface area (Å²) in [5.41, 5.74) is 2.15. The van der Waals surface area contributed by atoms with Gasteiger partial charge in [-0.15, -0.1) is 0 Å². The molecule has 0 saturated carbocycles. The summed E-state index contributed by atoms with van der Waals surface area (Å²) < 4.78 is 7.09. The molecule has 2 aromatic heterocycles. The Morgan fingerprint density at radius 2 is 1.91 bits per heavy atom. The number of aromatic nitrogens is 2. The van der Waals surface area contributed by atoms with Gasteiger partial charge in [-0.1, -0.05) is 47.6 Å². The lowest BCUT2D eigenvalue weighted by atomic mass is 10.2. The van der Waals surface area contributed by atoms with Crippen molar-refractivity contribution in [3.63, 3.8) is 0 Å². The number of imidazole rings is 1. The minimum Gasteiger partial charge on any atom is -0.467 e. The third-order valence-corrected chi connectivity index (χ3v) is 6.10. The molecule has 0 spiro atoms. The van der Waals surface area contributed by atoms with E-state index in [1.165, 1.54) is 11.8 Å². The van der Waals surface area contributed by atoms with Gasteiger partial charge in [0.1, 0.15) is 5.76 Å². The normalized spacial score (nSPS) is 10.7. The van der Waals surface area contributed by atoms with Gasteiger partial charge in [0.25, 0.3) is 5.91 Å². The van der Waals surface area contributed by atoms with E-state index in [-0.39, 0.29) is 17.6 Å². The minimum atomic E-state index is -0.207. The molecule has 2 aromatic carbocycles. The molecule has 2 amide bonds. The van der Waals surface area contributed by atoms with Gasteiger partial charge in [-0.2, -0.15) is 0 Å². The first-order valence-corrected chi connectivity index (χ1v) is 11.5. The smallest absolute Gasteiger partial charge is 0.251 e. The monoisotopic (exact) mass is 480 g/mol. The predicted molar refractivity (Wildman–Crippen MR) is 127 cm³/mol. The molecule has 168 valence electrons. The molecule has 9 heteroatoms. The first kappa shape index (κ1) is 22.7. The number of nitrogens with one attached hydrogen (secondary N) is 2. The predicted octanol–water partition coefficient (Wildman–Crippen LogP) is 4.46. The molecule has 7 nitrogen and oxygen atoms in total. The van der Waals surface area contributed by atoms with Gasteiger partial charge in [-0.25, -0.2) is 4.98 Å². The van der Waals surface area contributed by atoms with Crippen molar-refractivity contribution < 1.29 is 14.0 Å². The van der Waals surface area contributed by atoms with Crippen molar-refractivity contribution in [2.45, 2.75) is 18.2 Å². The lowest BCUT2D eigenvalue weighted by Gasteiger charge is -2.10. The first-order chi connectivity index (χ1) is 16.1. The highest BCUT2D eigenvalue weighted by molar-refractivity contribution is 7.99. The zero-order valence-corrected chi connectivity index (χ0v) is 19.1. The van der Waals surface area contributed by atoms with Gasteiger partial charge in [0.2, 0.25) is 5.91 Å². The molecule has 2 N–H and O–H groups in total. The largest absolute Gasteiger partial charge is 0.467 e. The second kappa shape index (κ2) is 10.9. The van der Waals surface area contributed by atoms with E-state index in [9.17, 15) is 9.59 Å². The zero-order chi connectivity index (χ0) is 23.0. The maximum Gasteiger partial charge on any atom is 0.251 e. The molecule has 0 saturated heterocycles. The number of rotatable bonds is 9. The van der Waals surface area contributed by atoms with Crippen LogP contribution in [-0.4, -0.2) is 27.1 Å². The first-order valence-electron chi connectivity index (χ1n) is 10.2. The molecule has 33 heavy (non-hydrogen) atoms. The average molecular weight is 481 g/mol. The Morgan fingerprint density at radius 3 is 2.73 bits per heavy atom. The van der Waals surface area contributed by atoms with Crippen molar-refractivity contribution in [2.24, 2.45) is 0 Å². The SMILES string of the molecule is O=C(CSc1nccn1-c1cccc(C(=O)NCc2ccco2)c1)NCc1ccccc1Cl. The quantitative estimate of drug-likeness (QED) is 0.345. The number of carbonyl (C=O) groups is 2. The van der Waals surface area contributed by atoms with Crippen LogP contribution in [0.25, 0.3) is 5.69 Å². The van der Waals surface area contributed by atoms with Crippen molar-refractivity contribution in [2.75, 3.05) is 5.75 Å². The van der Waals surface area contributed by atoms with Crippen LogP contribution in [0.1, 0.15) is 21.7 Å². The molecule has 0 aliphatic carbocycles. The van der Waals surface area contributed by atoms with E-state index >= 15 is 0 Å². The Morgan fingerprint density at radius 1 is 1.03 bits per heavy atom. The number of furan rings is 1. The lowest BCUT2D eigenvalue weighted by molar-refractivity contribution is -0.118. The average Bonchev–Trinajstić information content (AvgIpc) is 3.53. The Hall–Kier alpha value is -3.49. The van der Waals surface area contributed by atoms with Crippen molar-refractivity contribution in [3.8, 4) is 5.69 Å². The minimum absolute atomic E-state index is 0.125. The van der Waals surface area contributed by atoms with E-state index < -0.39 is 0 Å². The number of halogens is 1. The molecule has 4 aromatic rings. The van der Waals surface area contributed by atoms with Gasteiger partial charge in [-0.3, -0.25) is 14.2 Å². The maximum atomic E-state index is 12.5. The number of hydrogen-bond donors (Lipinski definition) is 2. The highest BCUT2D eigenvalue weighted by Gasteiger charge is 2.12. The van der Waals surface area contributed by atoms with Crippen LogP contribution in [0, 0.1) is 0 Å². The number of hydrogen-bond acceptors (Lipinski definition) is 5. The third kappa shape index (κ3) is 6.06. The molecule has 0 aliphatic rings. The van der Waals surface area contributed by atoms with Gasteiger partial charge in [0.05, 0.1) is 18.6 Å². The molecule has 0 radical (unpaired) electrons. The molecular formula is C24H21ClN4O3S. The van der Waals surface area contributed by atoms with Crippen molar-refractivity contribution in [3.05, 3.63) is 101 Å². The molecule has 0 atom stereocenters. The summed E-state index contributed by atoms with van der Waals surface area (Å²) in [4.78, 5) is 29.2. The van der Waals surface area contributed by atoms with Gasteiger partial charge in [0.15, 0.2) is 5.16 Å². The highest BCUT2D eigenvalue weighted by atomic mass is 35.5. The van der Waals surface area contributed by atoms with E-state index in [0.29, 0.717) is 34.6 Å². The van der Waals surface area contributed by atoms with Crippen molar-refractivity contribution in [1.29, 1.82) is 0 Å². The molecule has 0 fully saturated rings. The Balaban J connectivity index is 1.36. The number of thioether (sulfide) groups is 1. The van der Waals surface area contributed by atoms with E-state index in [1.807, 2.05) is 34.9 Å². The fraction of sp³-hybridized carbons (Fsp3) is 0.125. The van der Waals surface area contributed by atoms with E-state index in [2.05, 4.69) is 15.6 Å². The second-order valence-electron chi connectivity index (χ2n) is 7.05. The van der Waals surface area contributed by atoms with E-state index in [1.54, 1.807) is 49.0 Å². The number of amides is 2. The van der Waals surface area contributed by atoms with Crippen LogP contribution in [0.4, 0.5) is 0 Å². The molecule has 2 heterocycles. The Kier molecular flexibility index (Phi) is 7.49. The van der Waals surface area contributed by atoms with Gasteiger partial charge >= 0.3 is 0 Å². The molecule has 0 unspecified atom stereocenters. The zero-order valence-electron chi connectivity index (χ0n) is 17.5. The number of benzene rings is 2. The van der Waals surface area contributed by atoms with Crippen LogP contribution in [0.2, 0.25) is 5.02 Å². The molecule has 0 bridgehead atoms. The summed E-state index contributed by atoms with van der Waals surface area (Å²) in [6.45, 7) is 0.675. The fourth-order valence-electron chi connectivity index (χ4n) is 3.09. The standard InChI is InChI=1S/C24H21ClN4O3S/c25-21-9-2-1-5-18(21)14-27-22(30)16-33-24-26-10-11-29(24)19-7-3-6-17(13-19)23(31)28-15-20-8-4-12-32-20/h1-13H,14-16H2,(H,27,30)(H,28,31). The summed E-state index contributed by atoms with van der Waals surface area (Å²) in [5.74, 6) is 0.549. The van der Waals surface area contributed by atoms with Crippen LogP contribution < -0.4 is 10.6 Å². The van der Waals surface area contributed by atoms with Crippen LogP contribution >= 0.6 is 23.4 Å². The number of carbonyl (C=O) groups excluding carboxylic acids is 2. The van der Waals surface area contributed by atoms with Crippen LogP contribution in [0.5, 0.6) is 0 Å². The Labute approximate surface area is 200 Å². The molecule has 0 aliphatic heterocycles. The van der Waals surface area contributed by atoms with Gasteiger partial charge in [0, 0.05) is 35.2 Å². The van der Waals surface area contributed by atoms with Crippen LogP contribution in [0.3, 0.4) is 0 Å². The van der Waals surface area contributed by atoms with Crippen molar-refractivity contribution >= 4 is 35.2 Å².